The maximum Gasteiger partial charge on any atom is 0.356 e. The summed E-state index contributed by atoms with van der Waals surface area (Å²) in [5.41, 5.74) is 2.84. The van der Waals surface area contributed by atoms with Crippen LogP contribution in [0, 0.1) is 6.92 Å². The second-order valence-corrected chi connectivity index (χ2v) is 8.11. The van der Waals surface area contributed by atoms with E-state index in [2.05, 4.69) is 21.2 Å². The molecule has 0 radical (unpaired) electrons. The number of benzene rings is 2. The van der Waals surface area contributed by atoms with Crippen LogP contribution in [0.5, 0.6) is 0 Å². The van der Waals surface area contributed by atoms with Gasteiger partial charge in [0.05, 0.1) is 0 Å². The second kappa shape index (κ2) is 7.42. The van der Waals surface area contributed by atoms with Gasteiger partial charge in [-0.2, -0.15) is 0 Å². The Morgan fingerprint density at radius 2 is 1.55 bits per heavy atom. The number of halogens is 1. The zero-order valence-electron chi connectivity index (χ0n) is 12.7. The van der Waals surface area contributed by atoms with Crippen molar-refractivity contribution >= 4 is 29.2 Å². The summed E-state index contributed by atoms with van der Waals surface area (Å²) in [6.45, 7) is 2.02. The predicted octanol–water partition coefficient (Wildman–Crippen LogP) is 5.35. The van der Waals surface area contributed by atoms with Gasteiger partial charge in [-0.05, 0) is 36.8 Å². The summed E-state index contributed by atoms with van der Waals surface area (Å²) in [5, 5.41) is 3.26. The lowest BCUT2D eigenvalue weighted by atomic mass is 10.2. The first-order chi connectivity index (χ1) is 10.5. The highest BCUT2D eigenvalue weighted by Crippen LogP contribution is 2.59. The average molecular weight is 384 g/mol. The van der Waals surface area contributed by atoms with Crippen molar-refractivity contribution in [3.8, 4) is 0 Å². The normalized spacial score (nSPS) is 12.9. The topological polar surface area (TPSA) is 47.6 Å². The van der Waals surface area contributed by atoms with Gasteiger partial charge < -0.3 is 14.4 Å². The van der Waals surface area contributed by atoms with Crippen LogP contribution in [0.3, 0.4) is 0 Å². The number of rotatable bonds is 6. The van der Waals surface area contributed by atoms with Crippen molar-refractivity contribution in [2.24, 2.45) is 0 Å². The van der Waals surface area contributed by atoms with Crippen molar-refractivity contribution in [1.29, 1.82) is 0 Å². The summed E-state index contributed by atoms with van der Waals surface area (Å²) in [6.07, 6.45) is 0. The lowest BCUT2D eigenvalue weighted by Crippen LogP contribution is -2.13. The summed E-state index contributed by atoms with van der Waals surface area (Å²) < 4.78 is 24.2. The van der Waals surface area contributed by atoms with Gasteiger partial charge in [0.2, 0.25) is 0 Å². The molecular formula is C16H19BrNO3P. The smallest absolute Gasteiger partial charge is 0.356 e. The van der Waals surface area contributed by atoms with Crippen LogP contribution in [0.1, 0.15) is 16.9 Å². The zero-order chi connectivity index (χ0) is 16.2. The van der Waals surface area contributed by atoms with Gasteiger partial charge in [0.15, 0.2) is 5.78 Å². The van der Waals surface area contributed by atoms with Crippen LogP contribution in [-0.4, -0.2) is 14.2 Å². The third kappa shape index (κ3) is 3.99. The molecule has 0 bridgehead atoms. The third-order valence-electron chi connectivity index (χ3n) is 3.37. The molecule has 0 saturated heterocycles. The van der Waals surface area contributed by atoms with Crippen LogP contribution < -0.4 is 5.32 Å². The number of hydrogen-bond acceptors (Lipinski definition) is 4. The van der Waals surface area contributed by atoms with Crippen LogP contribution in [0.25, 0.3) is 0 Å². The van der Waals surface area contributed by atoms with Crippen molar-refractivity contribution in [3.63, 3.8) is 0 Å². The van der Waals surface area contributed by atoms with Gasteiger partial charge in [-0.3, -0.25) is 4.57 Å². The summed E-state index contributed by atoms with van der Waals surface area (Å²) in [5.74, 6) is -0.585. The first kappa shape index (κ1) is 17.2. The number of anilines is 1. The molecule has 0 aliphatic rings. The molecule has 2 rings (SSSR count). The molecule has 0 heterocycles. The van der Waals surface area contributed by atoms with E-state index >= 15 is 0 Å². The Morgan fingerprint density at radius 3 is 2.05 bits per heavy atom. The Morgan fingerprint density at radius 1 is 1.00 bits per heavy atom. The molecule has 0 fully saturated rings. The van der Waals surface area contributed by atoms with E-state index < -0.39 is 13.4 Å². The molecule has 1 atom stereocenters. The Balaban J connectivity index is 2.39. The van der Waals surface area contributed by atoms with Gasteiger partial charge in [0.1, 0.15) is 0 Å². The number of hydrogen-bond donors (Lipinski definition) is 1. The third-order valence-corrected chi connectivity index (χ3v) is 5.97. The molecule has 0 spiro atoms. The van der Waals surface area contributed by atoms with Crippen LogP contribution in [0.4, 0.5) is 5.69 Å². The lowest BCUT2D eigenvalue weighted by molar-refractivity contribution is 0.268. The van der Waals surface area contributed by atoms with E-state index in [1.54, 1.807) is 0 Å². The van der Waals surface area contributed by atoms with Crippen LogP contribution in [0.2, 0.25) is 0 Å². The van der Waals surface area contributed by atoms with Gasteiger partial charge >= 0.3 is 7.60 Å². The predicted molar refractivity (Wildman–Crippen MR) is 93.3 cm³/mol. The molecule has 0 aliphatic carbocycles. The molecule has 0 unspecified atom stereocenters. The first-order valence-corrected chi connectivity index (χ1v) is 9.19. The van der Waals surface area contributed by atoms with Gasteiger partial charge in [0.25, 0.3) is 0 Å². The van der Waals surface area contributed by atoms with E-state index in [4.69, 9.17) is 9.05 Å². The van der Waals surface area contributed by atoms with E-state index in [1.807, 2.05) is 55.5 Å². The van der Waals surface area contributed by atoms with E-state index in [9.17, 15) is 4.57 Å². The average Bonchev–Trinajstić information content (AvgIpc) is 2.54. The van der Waals surface area contributed by atoms with Crippen molar-refractivity contribution in [1.82, 2.24) is 0 Å². The van der Waals surface area contributed by atoms with Gasteiger partial charge in [0, 0.05) is 24.4 Å². The zero-order valence-corrected chi connectivity index (χ0v) is 15.2. The molecule has 2 aromatic rings. The van der Waals surface area contributed by atoms with Crippen LogP contribution in [0.15, 0.2) is 53.0 Å². The van der Waals surface area contributed by atoms with Crippen LogP contribution >= 0.6 is 23.5 Å². The quantitative estimate of drug-likeness (QED) is 0.682. The summed E-state index contributed by atoms with van der Waals surface area (Å²) in [7, 11) is -0.540. The Hall–Kier alpha value is -1.13. The molecule has 118 valence electrons. The van der Waals surface area contributed by atoms with Crippen LogP contribution in [-0.2, 0) is 13.6 Å². The summed E-state index contributed by atoms with van der Waals surface area (Å²) in [4.78, 5) is 0. The summed E-state index contributed by atoms with van der Waals surface area (Å²) >= 11 is 3.40. The lowest BCUT2D eigenvalue weighted by Gasteiger charge is -2.26. The number of nitrogens with one attached hydrogen (secondary N) is 1. The minimum Gasteiger partial charge on any atom is -0.368 e. The van der Waals surface area contributed by atoms with Crippen molar-refractivity contribution in [2.45, 2.75) is 12.7 Å². The minimum absolute atomic E-state index is 0.585. The summed E-state index contributed by atoms with van der Waals surface area (Å²) in [6, 6.07) is 15.4. The van der Waals surface area contributed by atoms with E-state index in [1.165, 1.54) is 14.2 Å². The highest BCUT2D eigenvalue weighted by molar-refractivity contribution is 9.10. The Bertz CT molecular complexity index is 650. The monoisotopic (exact) mass is 383 g/mol. The molecule has 6 heteroatoms. The molecule has 4 nitrogen and oxygen atoms in total. The van der Waals surface area contributed by atoms with Crippen molar-refractivity contribution < 1.29 is 13.6 Å². The Kier molecular flexibility index (Phi) is 5.81. The molecule has 0 aliphatic heterocycles. The van der Waals surface area contributed by atoms with Gasteiger partial charge in [-0.1, -0.05) is 45.8 Å². The fourth-order valence-electron chi connectivity index (χ4n) is 2.08. The molecule has 0 aromatic heterocycles. The molecule has 22 heavy (non-hydrogen) atoms. The molecule has 1 N–H and O–H groups in total. The van der Waals surface area contributed by atoms with E-state index in [-0.39, 0.29) is 0 Å². The van der Waals surface area contributed by atoms with E-state index in [0.29, 0.717) is 0 Å². The Labute approximate surface area is 139 Å². The maximum atomic E-state index is 12.9. The fourth-order valence-corrected chi connectivity index (χ4v) is 3.76. The molecular weight excluding hydrogens is 365 g/mol. The highest BCUT2D eigenvalue weighted by atomic mass is 79.9. The first-order valence-electron chi connectivity index (χ1n) is 6.78. The maximum absolute atomic E-state index is 12.9. The minimum atomic E-state index is -3.33. The second-order valence-electron chi connectivity index (χ2n) is 4.87. The highest BCUT2D eigenvalue weighted by Gasteiger charge is 2.35. The van der Waals surface area contributed by atoms with Gasteiger partial charge in [-0.15, -0.1) is 0 Å². The van der Waals surface area contributed by atoms with Gasteiger partial charge in [-0.25, -0.2) is 0 Å². The fraction of sp³-hybridized carbons (Fsp3) is 0.250. The largest absolute Gasteiger partial charge is 0.368 e. The molecule has 2 aromatic carbocycles. The molecule has 0 amide bonds. The SMILES string of the molecule is COP(=O)(OC)[C@@H](Nc1ccc(C)cc1)c1ccc(Br)cc1. The van der Waals surface area contributed by atoms with E-state index in [0.717, 1.165) is 21.3 Å². The number of aryl methyl sites for hydroxylation is 1. The van der Waals surface area contributed by atoms with Crippen molar-refractivity contribution in [2.75, 3.05) is 19.5 Å². The van der Waals surface area contributed by atoms with Crippen molar-refractivity contribution in [3.05, 3.63) is 64.1 Å². The standard InChI is InChI=1S/C16H19BrNO3P/c1-12-4-10-15(11-5-12)18-16(22(19,20-2)21-3)13-6-8-14(17)9-7-13/h4-11,16,18H,1-3H3/t16-/m1/s1. The molecule has 0 saturated carbocycles.